The van der Waals surface area contributed by atoms with Crippen molar-refractivity contribution in [2.24, 2.45) is 0 Å². The second kappa shape index (κ2) is 10.1. The molecule has 0 saturated carbocycles. The van der Waals surface area contributed by atoms with Crippen molar-refractivity contribution in [2.75, 3.05) is 31.5 Å². The summed E-state index contributed by atoms with van der Waals surface area (Å²) in [6, 6.07) is 16.6. The number of hydrogen-bond acceptors (Lipinski definition) is 4. The van der Waals surface area contributed by atoms with Crippen molar-refractivity contribution < 1.29 is 14.3 Å². The smallest absolute Gasteiger partial charge is 0.241 e. The molecule has 1 aliphatic rings. The lowest BCUT2D eigenvalue weighted by Crippen LogP contribution is -2.44. The molecule has 1 fully saturated rings. The van der Waals surface area contributed by atoms with Crippen LogP contribution in [0.4, 0.5) is 5.69 Å². The van der Waals surface area contributed by atoms with Gasteiger partial charge in [-0.2, -0.15) is 0 Å². The number of benzene rings is 2. The van der Waals surface area contributed by atoms with Gasteiger partial charge in [0, 0.05) is 32.6 Å². The highest BCUT2D eigenvalue weighted by Crippen LogP contribution is 2.29. The molecule has 0 spiro atoms. The Kier molecular flexibility index (Phi) is 7.25. The Labute approximate surface area is 172 Å². The Bertz CT molecular complexity index is 825. The highest BCUT2D eigenvalue weighted by atomic mass is 16.5. The number of nitrogens with zero attached hydrogens (tertiary/aromatic N) is 2. The minimum Gasteiger partial charge on any atom is -0.455 e. The monoisotopic (exact) mass is 395 g/mol. The number of ether oxygens (including phenoxy) is 1. The van der Waals surface area contributed by atoms with Crippen LogP contribution in [0.2, 0.25) is 0 Å². The van der Waals surface area contributed by atoms with Gasteiger partial charge in [-0.3, -0.25) is 14.5 Å². The maximum absolute atomic E-state index is 12.9. The van der Waals surface area contributed by atoms with Gasteiger partial charge in [0.25, 0.3) is 0 Å². The molecule has 154 valence electrons. The largest absolute Gasteiger partial charge is 0.455 e. The third kappa shape index (κ3) is 5.57. The molecule has 2 amide bonds. The van der Waals surface area contributed by atoms with Gasteiger partial charge < -0.3 is 15.0 Å². The molecule has 0 aliphatic carbocycles. The summed E-state index contributed by atoms with van der Waals surface area (Å²) in [6.45, 7) is 6.71. The molecule has 2 aromatic rings. The summed E-state index contributed by atoms with van der Waals surface area (Å²) in [7, 11) is 0. The third-order valence-electron chi connectivity index (χ3n) is 5.23. The topological polar surface area (TPSA) is 61.9 Å². The molecule has 6 heteroatoms. The highest BCUT2D eigenvalue weighted by molar-refractivity contribution is 5.95. The third-order valence-corrected chi connectivity index (χ3v) is 5.23. The fraction of sp³-hybridized carbons (Fsp3) is 0.391. The second-order valence-corrected chi connectivity index (χ2v) is 7.20. The molecule has 3 rings (SSSR count). The summed E-state index contributed by atoms with van der Waals surface area (Å²) in [6.07, 6.45) is 1.39. The number of nitrogens with one attached hydrogen (secondary N) is 1. The Balaban J connectivity index is 1.63. The van der Waals surface area contributed by atoms with Gasteiger partial charge in [-0.1, -0.05) is 37.3 Å². The predicted octanol–water partition coefficient (Wildman–Crippen LogP) is 3.75. The van der Waals surface area contributed by atoms with Crippen molar-refractivity contribution in [3.8, 4) is 11.5 Å². The SMILES string of the molecule is CCC(=O)N1CCCN(C(C)C(=O)Nc2ccccc2Oc2ccccc2)CC1. The van der Waals surface area contributed by atoms with Gasteiger partial charge >= 0.3 is 0 Å². The molecule has 6 nitrogen and oxygen atoms in total. The van der Waals surface area contributed by atoms with Gasteiger partial charge in [-0.05, 0) is 37.6 Å². The first kappa shape index (κ1) is 20.9. The predicted molar refractivity (Wildman–Crippen MR) is 114 cm³/mol. The van der Waals surface area contributed by atoms with Crippen LogP contribution in [0.1, 0.15) is 26.7 Å². The summed E-state index contributed by atoms with van der Waals surface area (Å²) >= 11 is 0. The standard InChI is InChI=1S/C23H29N3O3/c1-3-22(27)26-15-9-14-25(16-17-26)18(2)23(28)24-20-12-7-8-13-21(20)29-19-10-5-4-6-11-19/h4-8,10-13,18H,3,9,14-17H2,1-2H3,(H,24,28). The maximum Gasteiger partial charge on any atom is 0.241 e. The summed E-state index contributed by atoms with van der Waals surface area (Å²) in [5.74, 6) is 1.42. The Hall–Kier alpha value is -2.86. The zero-order valence-electron chi connectivity index (χ0n) is 17.1. The van der Waals surface area contributed by atoms with Crippen molar-refractivity contribution in [3.05, 3.63) is 54.6 Å². The molecule has 1 N–H and O–H groups in total. The van der Waals surface area contributed by atoms with Gasteiger partial charge in [0.2, 0.25) is 11.8 Å². The van der Waals surface area contributed by atoms with E-state index in [0.717, 1.165) is 25.3 Å². The van der Waals surface area contributed by atoms with E-state index in [4.69, 9.17) is 4.74 Å². The van der Waals surface area contributed by atoms with Crippen LogP contribution in [-0.2, 0) is 9.59 Å². The Morgan fingerprint density at radius 1 is 1.00 bits per heavy atom. The number of hydrogen-bond donors (Lipinski definition) is 1. The van der Waals surface area contributed by atoms with Crippen LogP contribution < -0.4 is 10.1 Å². The van der Waals surface area contributed by atoms with E-state index < -0.39 is 0 Å². The molecule has 0 bridgehead atoms. The van der Waals surface area contributed by atoms with E-state index in [-0.39, 0.29) is 17.9 Å². The number of amides is 2. The molecule has 0 radical (unpaired) electrons. The molecular weight excluding hydrogens is 366 g/mol. The number of carbonyl (C=O) groups excluding carboxylic acids is 2. The van der Waals surface area contributed by atoms with E-state index in [2.05, 4.69) is 10.2 Å². The zero-order valence-corrected chi connectivity index (χ0v) is 17.1. The molecule has 1 saturated heterocycles. The van der Waals surface area contributed by atoms with Crippen molar-refractivity contribution in [1.29, 1.82) is 0 Å². The fourth-order valence-electron chi connectivity index (χ4n) is 3.48. The Morgan fingerprint density at radius 3 is 2.48 bits per heavy atom. The van der Waals surface area contributed by atoms with Crippen molar-refractivity contribution in [1.82, 2.24) is 9.80 Å². The van der Waals surface area contributed by atoms with Gasteiger partial charge in [-0.25, -0.2) is 0 Å². The first-order valence-corrected chi connectivity index (χ1v) is 10.2. The average Bonchev–Trinajstić information content (AvgIpc) is 3.01. The maximum atomic E-state index is 12.9. The van der Waals surface area contributed by atoms with Gasteiger partial charge in [0.1, 0.15) is 5.75 Å². The number of para-hydroxylation sites is 3. The number of carbonyl (C=O) groups is 2. The van der Waals surface area contributed by atoms with Crippen LogP contribution in [0.3, 0.4) is 0 Å². The van der Waals surface area contributed by atoms with E-state index in [0.29, 0.717) is 30.9 Å². The molecule has 1 aliphatic heterocycles. The molecular formula is C23H29N3O3. The van der Waals surface area contributed by atoms with Gasteiger partial charge in [0.05, 0.1) is 11.7 Å². The molecule has 29 heavy (non-hydrogen) atoms. The lowest BCUT2D eigenvalue weighted by atomic mass is 10.2. The van der Waals surface area contributed by atoms with Crippen molar-refractivity contribution >= 4 is 17.5 Å². The van der Waals surface area contributed by atoms with E-state index >= 15 is 0 Å². The van der Waals surface area contributed by atoms with Crippen molar-refractivity contribution in [2.45, 2.75) is 32.7 Å². The van der Waals surface area contributed by atoms with Crippen LogP contribution in [0.15, 0.2) is 54.6 Å². The molecule has 0 aromatic heterocycles. The molecule has 2 aromatic carbocycles. The molecule has 1 unspecified atom stereocenters. The summed E-state index contributed by atoms with van der Waals surface area (Å²) in [4.78, 5) is 28.9. The van der Waals surface area contributed by atoms with E-state index in [1.54, 1.807) is 0 Å². The van der Waals surface area contributed by atoms with Crippen LogP contribution >= 0.6 is 0 Å². The van der Waals surface area contributed by atoms with E-state index in [1.165, 1.54) is 0 Å². The quantitative estimate of drug-likeness (QED) is 0.809. The van der Waals surface area contributed by atoms with E-state index in [1.807, 2.05) is 73.3 Å². The fourth-order valence-corrected chi connectivity index (χ4v) is 3.48. The minimum absolute atomic E-state index is 0.0793. The highest BCUT2D eigenvalue weighted by Gasteiger charge is 2.25. The average molecular weight is 396 g/mol. The lowest BCUT2D eigenvalue weighted by molar-refractivity contribution is -0.130. The zero-order chi connectivity index (χ0) is 20.6. The molecule has 1 atom stereocenters. The van der Waals surface area contributed by atoms with Crippen LogP contribution in [0, 0.1) is 0 Å². The van der Waals surface area contributed by atoms with Gasteiger partial charge in [-0.15, -0.1) is 0 Å². The van der Waals surface area contributed by atoms with Crippen LogP contribution in [0.25, 0.3) is 0 Å². The number of anilines is 1. The summed E-state index contributed by atoms with van der Waals surface area (Å²) < 4.78 is 5.94. The molecule has 1 heterocycles. The first-order chi connectivity index (χ1) is 14.1. The Morgan fingerprint density at radius 2 is 1.72 bits per heavy atom. The summed E-state index contributed by atoms with van der Waals surface area (Å²) in [5.41, 5.74) is 0.644. The second-order valence-electron chi connectivity index (χ2n) is 7.20. The van der Waals surface area contributed by atoms with Crippen LogP contribution in [0.5, 0.6) is 11.5 Å². The normalized spacial score (nSPS) is 16.0. The lowest BCUT2D eigenvalue weighted by Gasteiger charge is -2.27. The van der Waals surface area contributed by atoms with Gasteiger partial charge in [0.15, 0.2) is 5.75 Å². The van der Waals surface area contributed by atoms with Crippen LogP contribution in [-0.4, -0.2) is 53.8 Å². The summed E-state index contributed by atoms with van der Waals surface area (Å²) in [5, 5.41) is 3.01. The first-order valence-electron chi connectivity index (χ1n) is 10.2. The van der Waals surface area contributed by atoms with Crippen molar-refractivity contribution in [3.63, 3.8) is 0 Å². The minimum atomic E-state index is -0.295. The van der Waals surface area contributed by atoms with E-state index in [9.17, 15) is 9.59 Å². The number of rotatable bonds is 6.